The molecule has 1 aliphatic heterocycles. The number of thiazole rings is 1. The van der Waals surface area contributed by atoms with Crippen LogP contribution in [0.25, 0.3) is 0 Å². The third-order valence-corrected chi connectivity index (χ3v) is 5.84. The lowest BCUT2D eigenvalue weighted by atomic mass is 9.74. The molecule has 2 aromatic rings. The van der Waals surface area contributed by atoms with Gasteiger partial charge in [-0.3, -0.25) is 4.90 Å². The summed E-state index contributed by atoms with van der Waals surface area (Å²) >= 11 is 3.69. The lowest BCUT2D eigenvalue weighted by Gasteiger charge is -2.54. The first kappa shape index (κ1) is 14.2. The second kappa shape index (κ2) is 5.58. The Labute approximate surface area is 129 Å². The predicted octanol–water partition coefficient (Wildman–Crippen LogP) is 4.74. The molecule has 0 spiro atoms. The largest absolute Gasteiger partial charge is 0.288 e. The molecular weight excluding hydrogens is 284 g/mol. The van der Waals surface area contributed by atoms with Crippen molar-refractivity contribution in [2.24, 2.45) is 5.41 Å². The summed E-state index contributed by atoms with van der Waals surface area (Å²) in [6.07, 6.45) is 2.30. The van der Waals surface area contributed by atoms with Crippen LogP contribution < -0.4 is 0 Å². The minimum atomic E-state index is 0.382. The fourth-order valence-corrected chi connectivity index (χ4v) is 5.16. The van der Waals surface area contributed by atoms with E-state index in [0.717, 1.165) is 19.5 Å². The zero-order chi connectivity index (χ0) is 14.2. The van der Waals surface area contributed by atoms with Gasteiger partial charge in [0.15, 0.2) is 0 Å². The second-order valence-electron chi connectivity index (χ2n) is 6.29. The molecule has 2 aromatic heterocycles. The molecule has 1 aliphatic rings. The van der Waals surface area contributed by atoms with Crippen LogP contribution in [0, 0.1) is 5.41 Å². The third kappa shape index (κ3) is 2.69. The Morgan fingerprint density at radius 2 is 2.25 bits per heavy atom. The van der Waals surface area contributed by atoms with Crippen LogP contribution in [0.1, 0.15) is 48.8 Å². The lowest BCUT2D eigenvalue weighted by Crippen LogP contribution is -2.54. The van der Waals surface area contributed by atoms with E-state index in [9.17, 15) is 0 Å². The third-order valence-electron chi connectivity index (χ3n) is 3.96. The second-order valence-corrected chi connectivity index (χ2v) is 8.22. The van der Waals surface area contributed by atoms with Gasteiger partial charge in [-0.2, -0.15) is 0 Å². The standard InChI is InChI=1S/C16H22N2S2/c1-4-6-14-17-12(10-20-14)9-18-11-16(2,3)15(18)13-7-5-8-19-13/h5,7-8,10,15H,4,6,9,11H2,1-3H3/t15-/m0/s1. The molecule has 3 heterocycles. The van der Waals surface area contributed by atoms with Crippen molar-refractivity contribution in [3.05, 3.63) is 38.5 Å². The summed E-state index contributed by atoms with van der Waals surface area (Å²) < 4.78 is 0. The summed E-state index contributed by atoms with van der Waals surface area (Å²) in [7, 11) is 0. The van der Waals surface area contributed by atoms with Crippen LogP contribution >= 0.6 is 22.7 Å². The Morgan fingerprint density at radius 3 is 2.90 bits per heavy atom. The Morgan fingerprint density at radius 1 is 1.40 bits per heavy atom. The van der Waals surface area contributed by atoms with Crippen molar-refractivity contribution in [2.75, 3.05) is 6.54 Å². The molecule has 1 atom stereocenters. The highest BCUT2D eigenvalue weighted by Gasteiger charge is 2.46. The van der Waals surface area contributed by atoms with E-state index >= 15 is 0 Å². The molecule has 4 heteroatoms. The average molecular weight is 306 g/mol. The monoisotopic (exact) mass is 306 g/mol. The first-order valence-corrected chi connectivity index (χ1v) is 9.07. The molecule has 1 fully saturated rings. The van der Waals surface area contributed by atoms with Gasteiger partial charge in [0.1, 0.15) is 0 Å². The topological polar surface area (TPSA) is 16.1 Å². The van der Waals surface area contributed by atoms with Gasteiger partial charge in [-0.15, -0.1) is 22.7 Å². The quantitative estimate of drug-likeness (QED) is 0.793. The molecular formula is C16H22N2S2. The highest BCUT2D eigenvalue weighted by Crippen LogP contribution is 2.50. The summed E-state index contributed by atoms with van der Waals surface area (Å²) in [5.41, 5.74) is 1.63. The molecule has 2 nitrogen and oxygen atoms in total. The molecule has 0 aromatic carbocycles. The number of rotatable bonds is 5. The van der Waals surface area contributed by atoms with E-state index in [4.69, 9.17) is 4.98 Å². The maximum absolute atomic E-state index is 4.77. The molecule has 0 unspecified atom stereocenters. The molecule has 3 rings (SSSR count). The van der Waals surface area contributed by atoms with Crippen molar-refractivity contribution in [1.82, 2.24) is 9.88 Å². The highest BCUT2D eigenvalue weighted by molar-refractivity contribution is 7.10. The first-order valence-electron chi connectivity index (χ1n) is 7.31. The minimum Gasteiger partial charge on any atom is -0.288 e. The summed E-state index contributed by atoms with van der Waals surface area (Å²) in [4.78, 5) is 8.82. The highest BCUT2D eigenvalue weighted by atomic mass is 32.1. The molecule has 0 saturated carbocycles. The molecule has 108 valence electrons. The molecule has 0 aliphatic carbocycles. The Bertz CT molecular complexity index is 557. The van der Waals surface area contributed by atoms with Crippen molar-refractivity contribution < 1.29 is 0 Å². The van der Waals surface area contributed by atoms with E-state index in [0.29, 0.717) is 11.5 Å². The van der Waals surface area contributed by atoms with E-state index in [2.05, 4.69) is 48.6 Å². The van der Waals surface area contributed by atoms with Crippen LogP contribution in [0.2, 0.25) is 0 Å². The number of hydrogen-bond acceptors (Lipinski definition) is 4. The predicted molar refractivity (Wildman–Crippen MR) is 87.4 cm³/mol. The summed E-state index contributed by atoms with van der Waals surface area (Å²) in [6, 6.07) is 4.99. The van der Waals surface area contributed by atoms with E-state index < -0.39 is 0 Å². The van der Waals surface area contributed by atoms with Gasteiger partial charge in [-0.05, 0) is 29.7 Å². The van der Waals surface area contributed by atoms with Gasteiger partial charge in [-0.25, -0.2) is 4.98 Å². The molecule has 0 N–H and O–H groups in total. The molecule has 0 bridgehead atoms. The van der Waals surface area contributed by atoms with Gasteiger partial charge in [0.25, 0.3) is 0 Å². The Kier molecular flexibility index (Phi) is 3.98. The number of aryl methyl sites for hydroxylation is 1. The fraction of sp³-hybridized carbons (Fsp3) is 0.562. The first-order chi connectivity index (χ1) is 9.60. The van der Waals surface area contributed by atoms with Crippen molar-refractivity contribution in [3.8, 4) is 0 Å². The fourth-order valence-electron chi connectivity index (χ4n) is 3.20. The Hall–Kier alpha value is -0.710. The normalized spacial score (nSPS) is 21.9. The van der Waals surface area contributed by atoms with Crippen LogP contribution in [-0.2, 0) is 13.0 Å². The maximum atomic E-state index is 4.77. The SMILES string of the molecule is CCCc1nc(CN2CC(C)(C)[C@@H]2c2cccs2)cs1. The van der Waals surface area contributed by atoms with Crippen molar-refractivity contribution in [2.45, 2.75) is 46.2 Å². The number of thiophene rings is 1. The van der Waals surface area contributed by atoms with Crippen LogP contribution in [0.4, 0.5) is 0 Å². The van der Waals surface area contributed by atoms with Crippen LogP contribution in [0.15, 0.2) is 22.9 Å². The van der Waals surface area contributed by atoms with Gasteiger partial charge in [0, 0.05) is 23.3 Å². The number of likely N-dealkylation sites (tertiary alicyclic amines) is 1. The Balaban J connectivity index is 1.71. The van der Waals surface area contributed by atoms with Crippen molar-refractivity contribution >= 4 is 22.7 Å². The molecule has 1 saturated heterocycles. The maximum Gasteiger partial charge on any atom is 0.0928 e. The lowest BCUT2D eigenvalue weighted by molar-refractivity contribution is -0.0574. The molecule has 0 amide bonds. The number of hydrogen-bond donors (Lipinski definition) is 0. The summed E-state index contributed by atoms with van der Waals surface area (Å²) in [6.45, 7) is 9.11. The number of nitrogens with zero attached hydrogens (tertiary/aromatic N) is 2. The van der Waals surface area contributed by atoms with E-state index in [1.807, 2.05) is 22.7 Å². The summed E-state index contributed by atoms with van der Waals surface area (Å²) in [5.74, 6) is 0. The van der Waals surface area contributed by atoms with Crippen LogP contribution in [-0.4, -0.2) is 16.4 Å². The molecule has 20 heavy (non-hydrogen) atoms. The van der Waals surface area contributed by atoms with Crippen molar-refractivity contribution in [1.29, 1.82) is 0 Å². The van der Waals surface area contributed by atoms with Gasteiger partial charge < -0.3 is 0 Å². The molecule has 0 radical (unpaired) electrons. The van der Waals surface area contributed by atoms with Gasteiger partial charge in [0.05, 0.1) is 16.7 Å². The summed E-state index contributed by atoms with van der Waals surface area (Å²) in [5, 5.41) is 5.71. The van der Waals surface area contributed by atoms with Gasteiger partial charge >= 0.3 is 0 Å². The van der Waals surface area contributed by atoms with Crippen LogP contribution in [0.3, 0.4) is 0 Å². The van der Waals surface area contributed by atoms with Gasteiger partial charge in [-0.1, -0.05) is 26.8 Å². The average Bonchev–Trinajstić information content (AvgIpc) is 3.01. The van der Waals surface area contributed by atoms with Crippen LogP contribution in [0.5, 0.6) is 0 Å². The van der Waals surface area contributed by atoms with E-state index in [1.165, 1.54) is 22.0 Å². The zero-order valence-electron chi connectivity index (χ0n) is 12.4. The smallest absolute Gasteiger partial charge is 0.0928 e. The van der Waals surface area contributed by atoms with Crippen molar-refractivity contribution in [3.63, 3.8) is 0 Å². The van der Waals surface area contributed by atoms with E-state index in [-0.39, 0.29) is 0 Å². The van der Waals surface area contributed by atoms with E-state index in [1.54, 1.807) is 0 Å². The minimum absolute atomic E-state index is 0.382. The van der Waals surface area contributed by atoms with Gasteiger partial charge in [0.2, 0.25) is 0 Å². The number of aromatic nitrogens is 1. The zero-order valence-corrected chi connectivity index (χ0v) is 14.1.